The predicted octanol–water partition coefficient (Wildman–Crippen LogP) is 4.05. The number of aliphatic hydroxyl groups is 2. The van der Waals surface area contributed by atoms with E-state index in [-0.39, 0.29) is 23.5 Å². The number of aliphatic hydroxyl groups excluding tert-OH is 1. The topological polar surface area (TPSA) is 72.8 Å². The molecule has 2 aliphatic carbocycles. The molecule has 1 amide bonds. The summed E-state index contributed by atoms with van der Waals surface area (Å²) in [5.41, 5.74) is 0.596. The second-order valence-corrected chi connectivity index (χ2v) is 11.0. The largest absolute Gasteiger partial charge is 0.392 e. The van der Waals surface area contributed by atoms with Crippen molar-refractivity contribution >= 4 is 5.91 Å². The number of hydrogen-bond acceptors (Lipinski definition) is 4. The molecule has 0 spiro atoms. The number of unbranched alkanes of at least 4 members (excludes halogenated alkanes) is 1. The van der Waals surface area contributed by atoms with Crippen molar-refractivity contribution in [3.63, 3.8) is 0 Å². The molecular formula is C26H46N2O3. The first-order chi connectivity index (χ1) is 14.4. The first kappa shape index (κ1) is 26.1. The number of carbonyl (C=O) groups is 1. The second kappa shape index (κ2) is 11.1. The molecule has 178 valence electrons. The Hall–Kier alpha value is -1.17. The van der Waals surface area contributed by atoms with Crippen LogP contribution in [-0.4, -0.2) is 58.4 Å². The monoisotopic (exact) mass is 434 g/mol. The van der Waals surface area contributed by atoms with Gasteiger partial charge < -0.3 is 20.4 Å². The van der Waals surface area contributed by atoms with Crippen molar-refractivity contribution in [3.05, 3.63) is 23.8 Å². The number of fused-ring (bicyclic) bond motifs is 1. The molecule has 0 saturated heterocycles. The first-order valence-corrected chi connectivity index (χ1v) is 12.2. The normalized spacial score (nSPS) is 27.9. The van der Waals surface area contributed by atoms with Crippen molar-refractivity contribution in [2.75, 3.05) is 20.1 Å². The fourth-order valence-electron chi connectivity index (χ4n) is 4.86. The van der Waals surface area contributed by atoms with E-state index in [1.54, 1.807) is 0 Å². The average Bonchev–Trinajstić information content (AvgIpc) is 3.19. The Balaban J connectivity index is 1.77. The molecule has 1 fully saturated rings. The molecule has 0 radical (unpaired) electrons. The van der Waals surface area contributed by atoms with Gasteiger partial charge in [-0.05, 0) is 65.2 Å². The summed E-state index contributed by atoms with van der Waals surface area (Å²) in [6, 6.07) is 0. The molecule has 0 heterocycles. The van der Waals surface area contributed by atoms with Crippen LogP contribution in [0.4, 0.5) is 0 Å². The van der Waals surface area contributed by atoms with Gasteiger partial charge in [-0.25, -0.2) is 0 Å². The van der Waals surface area contributed by atoms with Crippen LogP contribution in [-0.2, 0) is 4.79 Å². The lowest BCUT2D eigenvalue weighted by molar-refractivity contribution is -0.133. The van der Waals surface area contributed by atoms with Crippen molar-refractivity contribution in [2.45, 2.75) is 96.8 Å². The van der Waals surface area contributed by atoms with Crippen LogP contribution in [0.1, 0.15) is 79.6 Å². The first-order valence-electron chi connectivity index (χ1n) is 12.2. The number of carbonyl (C=O) groups excluding carboxylic acids is 1. The number of hydrogen-bond donors (Lipinski definition) is 3. The van der Waals surface area contributed by atoms with E-state index in [0.717, 1.165) is 38.6 Å². The van der Waals surface area contributed by atoms with E-state index in [4.69, 9.17) is 0 Å². The van der Waals surface area contributed by atoms with Crippen molar-refractivity contribution in [2.24, 2.45) is 17.8 Å². The van der Waals surface area contributed by atoms with Crippen LogP contribution >= 0.6 is 0 Å². The van der Waals surface area contributed by atoms with Crippen LogP contribution in [0.2, 0.25) is 0 Å². The lowest BCUT2D eigenvalue weighted by Crippen LogP contribution is -2.43. The highest BCUT2D eigenvalue weighted by Gasteiger charge is 2.43. The molecule has 3 N–H and O–H groups in total. The third-order valence-corrected chi connectivity index (χ3v) is 7.18. The van der Waals surface area contributed by atoms with Crippen molar-refractivity contribution in [1.82, 2.24) is 10.2 Å². The van der Waals surface area contributed by atoms with Gasteiger partial charge in [0.1, 0.15) is 0 Å². The quantitative estimate of drug-likeness (QED) is 0.339. The number of nitrogens with zero attached hydrogens (tertiary/aromatic N) is 1. The SMILES string of the molecule is CCCC[C@](C)(O)C/C=C/[C@@H]1[C@H]2CC(CNCCC(=O)N(C)C(C)(C)C)=C[C@H]2C[C@H]1O. The fourth-order valence-corrected chi connectivity index (χ4v) is 4.86. The molecule has 5 atom stereocenters. The van der Waals surface area contributed by atoms with E-state index in [0.29, 0.717) is 31.2 Å². The molecule has 0 aromatic heterocycles. The molecule has 0 aliphatic heterocycles. The van der Waals surface area contributed by atoms with Crippen molar-refractivity contribution < 1.29 is 15.0 Å². The molecule has 5 nitrogen and oxygen atoms in total. The highest BCUT2D eigenvalue weighted by Crippen LogP contribution is 2.47. The maximum Gasteiger partial charge on any atom is 0.224 e. The Morgan fingerprint density at radius 3 is 2.68 bits per heavy atom. The summed E-state index contributed by atoms with van der Waals surface area (Å²) in [5, 5.41) is 24.5. The van der Waals surface area contributed by atoms with Gasteiger partial charge in [0, 0.05) is 38.0 Å². The van der Waals surface area contributed by atoms with E-state index in [9.17, 15) is 15.0 Å². The van der Waals surface area contributed by atoms with Crippen molar-refractivity contribution in [1.29, 1.82) is 0 Å². The van der Waals surface area contributed by atoms with Gasteiger partial charge >= 0.3 is 0 Å². The minimum absolute atomic E-state index is 0.144. The molecule has 2 rings (SSSR count). The maximum absolute atomic E-state index is 12.3. The van der Waals surface area contributed by atoms with Gasteiger partial charge in [-0.3, -0.25) is 4.79 Å². The number of allylic oxidation sites excluding steroid dienone is 1. The van der Waals surface area contributed by atoms with Gasteiger partial charge in [-0.15, -0.1) is 0 Å². The Labute approximate surface area is 190 Å². The molecule has 0 bridgehead atoms. The minimum atomic E-state index is -0.656. The third kappa shape index (κ3) is 7.73. The van der Waals surface area contributed by atoms with E-state index in [1.165, 1.54) is 5.57 Å². The molecule has 0 aromatic rings. The van der Waals surface area contributed by atoms with Gasteiger partial charge in [-0.1, -0.05) is 43.6 Å². The molecule has 5 heteroatoms. The smallest absolute Gasteiger partial charge is 0.224 e. The van der Waals surface area contributed by atoms with E-state index in [1.807, 2.05) is 39.6 Å². The summed E-state index contributed by atoms with van der Waals surface area (Å²) in [7, 11) is 1.87. The molecular weight excluding hydrogens is 388 g/mol. The van der Waals surface area contributed by atoms with Crippen LogP contribution in [0, 0.1) is 17.8 Å². The van der Waals surface area contributed by atoms with Crippen LogP contribution in [0.15, 0.2) is 23.8 Å². The zero-order valence-electron chi connectivity index (χ0n) is 20.7. The standard InChI is InChI=1S/C26H46N2O3/c1-7-8-12-26(5,31)13-9-10-21-22-16-19(15-20(22)17-23(21)29)18-27-14-11-24(30)28(6)25(2,3)4/h9-10,15,20-23,27,29,31H,7-8,11-14,16-18H2,1-6H3/b10-9+/t20-,21+,22-,23+,26-/m0/s1. The highest BCUT2D eigenvalue weighted by molar-refractivity contribution is 5.76. The van der Waals surface area contributed by atoms with E-state index in [2.05, 4.69) is 30.5 Å². The zero-order chi connectivity index (χ0) is 23.2. The third-order valence-electron chi connectivity index (χ3n) is 7.18. The molecule has 1 saturated carbocycles. The summed E-state index contributed by atoms with van der Waals surface area (Å²) in [4.78, 5) is 14.1. The summed E-state index contributed by atoms with van der Waals surface area (Å²) in [6.07, 6.45) is 12.2. The van der Waals surface area contributed by atoms with E-state index >= 15 is 0 Å². The van der Waals surface area contributed by atoms with Gasteiger partial charge in [0.15, 0.2) is 0 Å². The fraction of sp³-hybridized carbons (Fsp3) is 0.808. The predicted molar refractivity (Wildman–Crippen MR) is 128 cm³/mol. The minimum Gasteiger partial charge on any atom is -0.392 e. The van der Waals surface area contributed by atoms with Crippen LogP contribution in [0.3, 0.4) is 0 Å². The van der Waals surface area contributed by atoms with Gasteiger partial charge in [0.05, 0.1) is 11.7 Å². The zero-order valence-corrected chi connectivity index (χ0v) is 20.7. The van der Waals surface area contributed by atoms with Crippen molar-refractivity contribution in [3.8, 4) is 0 Å². The Kier molecular flexibility index (Phi) is 9.35. The molecule has 2 aliphatic rings. The van der Waals surface area contributed by atoms with E-state index < -0.39 is 5.60 Å². The number of nitrogens with one attached hydrogen (secondary N) is 1. The van der Waals surface area contributed by atoms with Crippen LogP contribution in [0.25, 0.3) is 0 Å². The number of amides is 1. The lowest BCUT2D eigenvalue weighted by Gasteiger charge is -2.32. The Bertz CT molecular complexity index is 648. The molecule has 0 unspecified atom stereocenters. The van der Waals surface area contributed by atoms with Gasteiger partial charge in [-0.2, -0.15) is 0 Å². The summed E-state index contributed by atoms with van der Waals surface area (Å²) in [6.45, 7) is 11.7. The van der Waals surface area contributed by atoms with Crippen LogP contribution in [0.5, 0.6) is 0 Å². The second-order valence-electron chi connectivity index (χ2n) is 11.0. The molecule has 31 heavy (non-hydrogen) atoms. The average molecular weight is 435 g/mol. The van der Waals surface area contributed by atoms with Crippen LogP contribution < -0.4 is 5.32 Å². The number of rotatable bonds is 11. The van der Waals surface area contributed by atoms with Gasteiger partial charge in [0.25, 0.3) is 0 Å². The summed E-state index contributed by atoms with van der Waals surface area (Å²) in [5.74, 6) is 1.23. The van der Waals surface area contributed by atoms with Gasteiger partial charge in [0.2, 0.25) is 5.91 Å². The summed E-state index contributed by atoms with van der Waals surface area (Å²) < 4.78 is 0. The molecule has 0 aromatic carbocycles. The lowest BCUT2D eigenvalue weighted by atomic mass is 9.88. The Morgan fingerprint density at radius 1 is 1.32 bits per heavy atom. The maximum atomic E-state index is 12.3. The highest BCUT2D eigenvalue weighted by atomic mass is 16.3. The Morgan fingerprint density at radius 2 is 2.03 bits per heavy atom. The summed E-state index contributed by atoms with van der Waals surface area (Å²) >= 11 is 0.